The summed E-state index contributed by atoms with van der Waals surface area (Å²) >= 11 is 8.10. The van der Waals surface area contributed by atoms with Gasteiger partial charge < -0.3 is 5.32 Å². The summed E-state index contributed by atoms with van der Waals surface area (Å²) in [4.78, 5) is 15.4. The lowest BCUT2D eigenvalue weighted by molar-refractivity contribution is 0.900. The molecule has 0 aliphatic heterocycles. The van der Waals surface area contributed by atoms with E-state index in [2.05, 4.69) is 48.1 Å². The van der Waals surface area contributed by atoms with Crippen LogP contribution in [0.25, 0.3) is 11.4 Å². The van der Waals surface area contributed by atoms with Gasteiger partial charge in [0.25, 0.3) is 0 Å². The number of benzene rings is 1. The molecule has 0 saturated carbocycles. The van der Waals surface area contributed by atoms with Crippen molar-refractivity contribution in [3.63, 3.8) is 0 Å². The Morgan fingerprint density at radius 3 is 2.62 bits per heavy atom. The zero-order chi connectivity index (χ0) is 16.9. The summed E-state index contributed by atoms with van der Waals surface area (Å²) in [5.41, 5.74) is 3.20. The number of hydrogen-bond acceptors (Lipinski definition) is 5. The summed E-state index contributed by atoms with van der Waals surface area (Å²) in [5, 5.41) is 10.5. The van der Waals surface area contributed by atoms with Gasteiger partial charge in [-0.3, -0.25) is 0 Å². The number of aromatic amines is 1. The fourth-order valence-corrected chi connectivity index (χ4v) is 2.77. The van der Waals surface area contributed by atoms with Gasteiger partial charge in [0.15, 0.2) is 5.82 Å². The van der Waals surface area contributed by atoms with Crippen LogP contribution in [0.5, 0.6) is 0 Å². The van der Waals surface area contributed by atoms with E-state index in [-0.39, 0.29) is 0 Å². The second-order valence-corrected chi connectivity index (χ2v) is 5.58. The molecule has 4 rings (SSSR count). The van der Waals surface area contributed by atoms with Gasteiger partial charge in [-0.25, -0.2) is 15.1 Å². The molecule has 0 unspecified atom stereocenters. The average Bonchev–Trinajstić information content (AvgIpc) is 3.28. The molecule has 2 aromatic heterocycles. The number of rotatable bonds is 3. The Morgan fingerprint density at radius 1 is 1.12 bits per heavy atom. The van der Waals surface area contributed by atoms with Crippen LogP contribution >= 0.6 is 34.2 Å². The van der Waals surface area contributed by atoms with E-state index < -0.39 is 0 Å². The molecule has 3 aromatic rings. The summed E-state index contributed by atoms with van der Waals surface area (Å²) in [6, 6.07) is 7.54. The Morgan fingerprint density at radius 2 is 1.92 bits per heavy atom. The minimum Gasteiger partial charge on any atom is -0.309 e. The minimum absolute atomic E-state index is 0.579. The van der Waals surface area contributed by atoms with E-state index in [0.717, 1.165) is 41.9 Å². The number of aromatic nitrogens is 5. The van der Waals surface area contributed by atoms with Crippen LogP contribution in [0.3, 0.4) is 0 Å². The highest BCUT2D eigenvalue weighted by atomic mass is 127. The molecule has 6 nitrogen and oxygen atoms in total. The fraction of sp³-hybridized carbons (Fsp3) is 0.250. The predicted molar refractivity (Wildman–Crippen MR) is 104 cm³/mol. The van der Waals surface area contributed by atoms with E-state index in [4.69, 9.17) is 16.6 Å². The quantitative estimate of drug-likeness (QED) is 0.458. The fourth-order valence-electron chi connectivity index (χ4n) is 2.64. The SMILES string of the molecule is CI.Clc1ccc(-c2nc3c(c(Nc4ncn[nH]4)n2)CCC3)cc1. The minimum atomic E-state index is 0.579. The number of nitrogens with zero attached hydrogens (tertiary/aromatic N) is 4. The number of aryl methyl sites for hydroxylation is 1. The molecule has 1 aliphatic rings. The first kappa shape index (κ1) is 17.1. The third kappa shape index (κ3) is 3.67. The van der Waals surface area contributed by atoms with Crippen molar-refractivity contribution in [2.24, 2.45) is 0 Å². The van der Waals surface area contributed by atoms with Gasteiger partial charge in [-0.1, -0.05) is 34.2 Å². The predicted octanol–water partition coefficient (Wildman–Crippen LogP) is 4.20. The molecule has 124 valence electrons. The second-order valence-electron chi connectivity index (χ2n) is 5.14. The average molecular weight is 455 g/mol. The lowest BCUT2D eigenvalue weighted by Crippen LogP contribution is -2.04. The van der Waals surface area contributed by atoms with E-state index in [1.807, 2.05) is 29.2 Å². The maximum absolute atomic E-state index is 5.95. The molecule has 2 heterocycles. The van der Waals surface area contributed by atoms with Crippen molar-refractivity contribution in [2.45, 2.75) is 19.3 Å². The Bertz CT molecular complexity index is 804. The zero-order valence-electron chi connectivity index (χ0n) is 13.1. The molecule has 0 radical (unpaired) electrons. The van der Waals surface area contributed by atoms with Gasteiger partial charge in [0.05, 0.1) is 0 Å². The molecular formula is C16H16ClIN6. The summed E-state index contributed by atoms with van der Waals surface area (Å²) in [6.45, 7) is 0. The third-order valence-electron chi connectivity index (χ3n) is 3.69. The molecular weight excluding hydrogens is 439 g/mol. The van der Waals surface area contributed by atoms with Crippen molar-refractivity contribution >= 4 is 46.0 Å². The molecule has 2 N–H and O–H groups in total. The maximum atomic E-state index is 5.95. The van der Waals surface area contributed by atoms with Crippen molar-refractivity contribution in [1.82, 2.24) is 25.1 Å². The van der Waals surface area contributed by atoms with Crippen LogP contribution in [0.4, 0.5) is 11.8 Å². The number of H-pyrrole nitrogens is 1. The van der Waals surface area contributed by atoms with E-state index >= 15 is 0 Å². The number of anilines is 2. The normalized spacial score (nSPS) is 12.3. The summed E-state index contributed by atoms with van der Waals surface area (Å²) in [6.07, 6.45) is 4.51. The number of nitrogens with one attached hydrogen (secondary N) is 2. The van der Waals surface area contributed by atoms with Crippen LogP contribution in [0.2, 0.25) is 5.02 Å². The summed E-state index contributed by atoms with van der Waals surface area (Å²) < 4.78 is 0. The van der Waals surface area contributed by atoms with Crippen LogP contribution < -0.4 is 5.32 Å². The maximum Gasteiger partial charge on any atom is 0.224 e. The number of fused-ring (bicyclic) bond motifs is 1. The molecule has 0 atom stereocenters. The summed E-state index contributed by atoms with van der Waals surface area (Å²) in [7, 11) is 0. The molecule has 0 amide bonds. The van der Waals surface area contributed by atoms with Crippen molar-refractivity contribution < 1.29 is 0 Å². The molecule has 0 bridgehead atoms. The Labute approximate surface area is 158 Å². The zero-order valence-corrected chi connectivity index (χ0v) is 16.0. The first-order valence-electron chi connectivity index (χ1n) is 7.45. The molecule has 0 saturated heterocycles. The lowest BCUT2D eigenvalue weighted by atomic mass is 10.2. The van der Waals surface area contributed by atoms with Gasteiger partial charge in [-0.2, -0.15) is 10.1 Å². The summed E-state index contributed by atoms with van der Waals surface area (Å²) in [5.74, 6) is 2.07. The van der Waals surface area contributed by atoms with E-state index in [1.165, 1.54) is 6.33 Å². The van der Waals surface area contributed by atoms with Gasteiger partial charge in [0.1, 0.15) is 12.1 Å². The topological polar surface area (TPSA) is 79.4 Å². The van der Waals surface area contributed by atoms with Crippen LogP contribution in [0, 0.1) is 0 Å². The molecule has 1 aromatic carbocycles. The van der Waals surface area contributed by atoms with Gasteiger partial charge in [0.2, 0.25) is 5.95 Å². The van der Waals surface area contributed by atoms with Crippen molar-refractivity contribution in [1.29, 1.82) is 0 Å². The van der Waals surface area contributed by atoms with Crippen LogP contribution in [-0.4, -0.2) is 30.1 Å². The van der Waals surface area contributed by atoms with E-state index in [9.17, 15) is 0 Å². The van der Waals surface area contributed by atoms with Crippen molar-refractivity contribution in [3.8, 4) is 11.4 Å². The van der Waals surface area contributed by atoms with Gasteiger partial charge >= 0.3 is 0 Å². The highest BCUT2D eigenvalue weighted by Crippen LogP contribution is 2.30. The Hall–Kier alpha value is -1.74. The van der Waals surface area contributed by atoms with Crippen molar-refractivity contribution in [2.75, 3.05) is 10.2 Å². The van der Waals surface area contributed by atoms with Crippen LogP contribution in [0.1, 0.15) is 17.7 Å². The standard InChI is InChI=1S/C15H13ClN6.CH3I/c16-10-6-4-9(5-7-10)13-19-12-3-1-2-11(12)14(20-13)21-15-17-8-18-22-15;1-2/h4-8H,1-3H2,(H2,17,18,19,20,21,22);1H3. The van der Waals surface area contributed by atoms with E-state index in [1.54, 1.807) is 0 Å². The highest BCUT2D eigenvalue weighted by molar-refractivity contribution is 14.1. The second kappa shape index (κ2) is 7.89. The Kier molecular flexibility index (Phi) is 5.62. The molecule has 24 heavy (non-hydrogen) atoms. The van der Waals surface area contributed by atoms with Crippen molar-refractivity contribution in [3.05, 3.63) is 46.9 Å². The van der Waals surface area contributed by atoms with Gasteiger partial charge in [-0.05, 0) is 48.5 Å². The number of halogens is 2. The monoisotopic (exact) mass is 454 g/mol. The lowest BCUT2D eigenvalue weighted by Gasteiger charge is -2.10. The number of alkyl halides is 1. The molecule has 1 aliphatic carbocycles. The third-order valence-corrected chi connectivity index (χ3v) is 3.94. The van der Waals surface area contributed by atoms with Gasteiger partial charge in [0, 0.05) is 21.8 Å². The van der Waals surface area contributed by atoms with Crippen LogP contribution in [0.15, 0.2) is 30.6 Å². The first-order chi connectivity index (χ1) is 11.8. The first-order valence-corrected chi connectivity index (χ1v) is 9.99. The van der Waals surface area contributed by atoms with Crippen LogP contribution in [-0.2, 0) is 12.8 Å². The highest BCUT2D eigenvalue weighted by Gasteiger charge is 2.20. The molecule has 8 heteroatoms. The van der Waals surface area contributed by atoms with Gasteiger partial charge in [-0.15, -0.1) is 0 Å². The number of hydrogen-bond donors (Lipinski definition) is 2. The van der Waals surface area contributed by atoms with E-state index in [0.29, 0.717) is 16.8 Å². The smallest absolute Gasteiger partial charge is 0.224 e. The Balaban J connectivity index is 0.000000815. The largest absolute Gasteiger partial charge is 0.309 e. The molecule has 0 spiro atoms. The molecule has 0 fully saturated rings.